The van der Waals surface area contributed by atoms with Crippen molar-refractivity contribution in [2.45, 2.75) is 6.54 Å². The Morgan fingerprint density at radius 2 is 2.38 bits per heavy atom. The molecule has 2 rings (SSSR count). The predicted octanol–water partition coefficient (Wildman–Crippen LogP) is 2.04. The summed E-state index contributed by atoms with van der Waals surface area (Å²) >= 11 is 3.38. The van der Waals surface area contributed by atoms with Crippen LogP contribution in [-0.4, -0.2) is 5.12 Å². The van der Waals surface area contributed by atoms with Crippen molar-refractivity contribution in [1.29, 1.82) is 5.53 Å². The SMILES string of the molecule is N=NN1Cc2ccc(Br)cc2NN1. The zero-order valence-electron chi connectivity index (χ0n) is 6.71. The summed E-state index contributed by atoms with van der Waals surface area (Å²) in [6.07, 6.45) is 0. The molecule has 68 valence electrons. The highest BCUT2D eigenvalue weighted by Crippen LogP contribution is 2.24. The lowest BCUT2D eigenvalue weighted by atomic mass is 10.2. The molecule has 1 heterocycles. The molecule has 1 aliphatic heterocycles. The van der Waals surface area contributed by atoms with Crippen molar-refractivity contribution in [2.24, 2.45) is 5.22 Å². The molecule has 0 fully saturated rings. The Balaban J connectivity index is 2.31. The van der Waals surface area contributed by atoms with E-state index in [2.05, 4.69) is 32.1 Å². The van der Waals surface area contributed by atoms with Gasteiger partial charge in [0.25, 0.3) is 0 Å². The summed E-state index contributed by atoms with van der Waals surface area (Å²) < 4.78 is 1.02. The molecule has 1 aliphatic rings. The summed E-state index contributed by atoms with van der Waals surface area (Å²) in [5, 5.41) is 4.68. The van der Waals surface area contributed by atoms with Crippen molar-refractivity contribution in [3.8, 4) is 0 Å². The van der Waals surface area contributed by atoms with Crippen molar-refractivity contribution in [1.82, 2.24) is 10.7 Å². The van der Waals surface area contributed by atoms with E-state index in [-0.39, 0.29) is 0 Å². The molecule has 0 atom stereocenters. The van der Waals surface area contributed by atoms with Crippen LogP contribution in [0.3, 0.4) is 0 Å². The van der Waals surface area contributed by atoms with Crippen molar-refractivity contribution >= 4 is 21.6 Å². The lowest BCUT2D eigenvalue weighted by molar-refractivity contribution is 0.174. The number of anilines is 1. The first-order valence-corrected chi connectivity index (χ1v) is 4.54. The molecule has 1 aromatic rings. The summed E-state index contributed by atoms with van der Waals surface area (Å²) in [6, 6.07) is 5.93. The molecule has 0 spiro atoms. The second-order valence-corrected chi connectivity index (χ2v) is 3.61. The maximum atomic E-state index is 6.82. The minimum absolute atomic E-state index is 0.596. The topological polar surface area (TPSA) is 63.5 Å². The van der Waals surface area contributed by atoms with Crippen LogP contribution < -0.4 is 11.0 Å². The molecular formula is C7H8BrN5. The van der Waals surface area contributed by atoms with E-state index >= 15 is 0 Å². The minimum atomic E-state index is 0.596. The lowest BCUT2D eigenvalue weighted by Crippen LogP contribution is -2.41. The summed E-state index contributed by atoms with van der Waals surface area (Å²) in [7, 11) is 0. The first-order valence-electron chi connectivity index (χ1n) is 3.74. The number of nitrogens with zero attached hydrogens (tertiary/aromatic N) is 2. The Labute approximate surface area is 83.7 Å². The first-order chi connectivity index (χ1) is 6.29. The molecule has 6 heteroatoms. The number of hydrogen-bond acceptors (Lipinski definition) is 4. The molecule has 0 saturated heterocycles. The Morgan fingerprint density at radius 1 is 1.54 bits per heavy atom. The normalized spacial score (nSPS) is 14.7. The van der Waals surface area contributed by atoms with Crippen molar-refractivity contribution < 1.29 is 0 Å². The number of nitrogens with one attached hydrogen (secondary N) is 3. The highest BCUT2D eigenvalue weighted by atomic mass is 79.9. The van der Waals surface area contributed by atoms with Crippen molar-refractivity contribution in [3.63, 3.8) is 0 Å². The zero-order chi connectivity index (χ0) is 9.26. The van der Waals surface area contributed by atoms with Crippen LogP contribution >= 0.6 is 15.9 Å². The van der Waals surface area contributed by atoms with Crippen LogP contribution in [0.1, 0.15) is 5.56 Å². The molecular weight excluding hydrogens is 234 g/mol. The molecule has 3 N–H and O–H groups in total. The van der Waals surface area contributed by atoms with Gasteiger partial charge in [0.1, 0.15) is 0 Å². The van der Waals surface area contributed by atoms with E-state index in [0.717, 1.165) is 15.7 Å². The van der Waals surface area contributed by atoms with Crippen LogP contribution in [0.4, 0.5) is 5.69 Å². The molecule has 13 heavy (non-hydrogen) atoms. The van der Waals surface area contributed by atoms with Gasteiger partial charge in [-0.25, -0.2) is 0 Å². The van der Waals surface area contributed by atoms with E-state index in [9.17, 15) is 0 Å². The predicted molar refractivity (Wildman–Crippen MR) is 51.6 cm³/mol. The molecule has 5 nitrogen and oxygen atoms in total. The van der Waals surface area contributed by atoms with E-state index in [1.165, 1.54) is 5.12 Å². The zero-order valence-corrected chi connectivity index (χ0v) is 8.30. The Hall–Kier alpha value is -1.14. The third-order valence-electron chi connectivity index (χ3n) is 1.83. The average Bonchev–Trinajstić information content (AvgIpc) is 2.17. The summed E-state index contributed by atoms with van der Waals surface area (Å²) in [5.41, 5.74) is 14.6. The molecule has 0 aliphatic carbocycles. The van der Waals surface area contributed by atoms with Gasteiger partial charge in [-0.05, 0) is 17.7 Å². The van der Waals surface area contributed by atoms with Gasteiger partial charge >= 0.3 is 0 Å². The van der Waals surface area contributed by atoms with Crippen LogP contribution in [0.2, 0.25) is 0 Å². The molecule has 0 bridgehead atoms. The fourth-order valence-electron chi connectivity index (χ4n) is 1.19. The molecule has 0 unspecified atom stereocenters. The third kappa shape index (κ3) is 1.63. The van der Waals surface area contributed by atoms with Gasteiger partial charge in [0.05, 0.1) is 12.2 Å². The lowest BCUT2D eigenvalue weighted by Gasteiger charge is -2.26. The minimum Gasteiger partial charge on any atom is -0.302 e. The fraction of sp³-hybridized carbons (Fsp3) is 0.143. The molecule has 0 radical (unpaired) electrons. The number of hydrogen-bond donors (Lipinski definition) is 3. The van der Waals surface area contributed by atoms with Crippen LogP contribution in [0.5, 0.6) is 0 Å². The van der Waals surface area contributed by atoms with E-state index in [1.54, 1.807) is 0 Å². The molecule has 1 aromatic carbocycles. The second-order valence-electron chi connectivity index (χ2n) is 2.70. The number of rotatable bonds is 1. The number of benzene rings is 1. The van der Waals surface area contributed by atoms with Crippen molar-refractivity contribution in [3.05, 3.63) is 28.2 Å². The van der Waals surface area contributed by atoms with Gasteiger partial charge in [-0.1, -0.05) is 27.2 Å². The number of hydrazine groups is 2. The summed E-state index contributed by atoms with van der Waals surface area (Å²) in [6.45, 7) is 0.596. The average molecular weight is 242 g/mol. The molecule has 0 saturated carbocycles. The first kappa shape index (κ1) is 8.46. The van der Waals surface area contributed by atoms with Gasteiger partial charge in [0.15, 0.2) is 0 Å². The highest BCUT2D eigenvalue weighted by Gasteiger charge is 2.13. The van der Waals surface area contributed by atoms with Crippen LogP contribution in [0.25, 0.3) is 0 Å². The van der Waals surface area contributed by atoms with E-state index in [0.29, 0.717) is 6.54 Å². The Kier molecular flexibility index (Phi) is 2.15. The van der Waals surface area contributed by atoms with Gasteiger partial charge in [-0.2, -0.15) is 10.6 Å². The van der Waals surface area contributed by atoms with Gasteiger partial charge < -0.3 is 5.43 Å². The van der Waals surface area contributed by atoms with Gasteiger partial charge in [0, 0.05) is 4.47 Å². The van der Waals surface area contributed by atoms with E-state index in [1.807, 2.05) is 18.2 Å². The Bertz CT molecular complexity index is 340. The maximum absolute atomic E-state index is 6.82. The van der Waals surface area contributed by atoms with Gasteiger partial charge in [0.2, 0.25) is 0 Å². The monoisotopic (exact) mass is 241 g/mol. The third-order valence-corrected chi connectivity index (χ3v) is 2.33. The smallest absolute Gasteiger partial charge is 0.0839 e. The highest BCUT2D eigenvalue weighted by molar-refractivity contribution is 9.10. The second kappa shape index (κ2) is 3.31. The molecule has 0 amide bonds. The largest absolute Gasteiger partial charge is 0.302 e. The van der Waals surface area contributed by atoms with Gasteiger partial charge in [-0.3, -0.25) is 0 Å². The maximum Gasteiger partial charge on any atom is 0.0839 e. The number of halogens is 1. The van der Waals surface area contributed by atoms with Crippen LogP contribution in [-0.2, 0) is 6.54 Å². The van der Waals surface area contributed by atoms with E-state index in [4.69, 9.17) is 5.53 Å². The van der Waals surface area contributed by atoms with Gasteiger partial charge in [-0.15, -0.1) is 5.53 Å². The summed E-state index contributed by atoms with van der Waals surface area (Å²) in [4.78, 5) is 0. The fourth-order valence-corrected chi connectivity index (χ4v) is 1.55. The van der Waals surface area contributed by atoms with Crippen molar-refractivity contribution in [2.75, 3.05) is 5.43 Å². The quantitative estimate of drug-likeness (QED) is 0.660. The Morgan fingerprint density at radius 3 is 3.15 bits per heavy atom. The van der Waals surface area contributed by atoms with Crippen LogP contribution in [0.15, 0.2) is 27.9 Å². The number of fused-ring (bicyclic) bond motifs is 1. The summed E-state index contributed by atoms with van der Waals surface area (Å²) in [5.74, 6) is 0. The standard InChI is InChI=1S/C7H8BrN5/c8-6-2-1-5-4-13(11-9)12-10-7(5)3-6/h1-3,9-10,12H,4H2. The van der Waals surface area contributed by atoms with E-state index < -0.39 is 0 Å². The van der Waals surface area contributed by atoms with Crippen LogP contribution in [0, 0.1) is 5.53 Å². The molecule has 0 aromatic heterocycles.